The van der Waals surface area contributed by atoms with Gasteiger partial charge in [-0.2, -0.15) is 0 Å². The fourth-order valence-corrected chi connectivity index (χ4v) is 2.33. The summed E-state index contributed by atoms with van der Waals surface area (Å²) >= 11 is 0. The highest BCUT2D eigenvalue weighted by atomic mass is 19.1. The predicted molar refractivity (Wildman–Crippen MR) is 84.1 cm³/mol. The molecule has 0 saturated carbocycles. The first-order chi connectivity index (χ1) is 10.9. The van der Waals surface area contributed by atoms with E-state index in [9.17, 15) is 18.7 Å². The molecule has 5 heteroatoms. The van der Waals surface area contributed by atoms with Crippen LogP contribution in [0.3, 0.4) is 0 Å². The predicted octanol–water partition coefficient (Wildman–Crippen LogP) is 3.30. The number of phenolic OH excluding ortho intramolecular Hbond substituents is 1. The topological polar surface area (TPSA) is 40.5 Å². The van der Waals surface area contributed by atoms with Gasteiger partial charge in [0.1, 0.15) is 17.4 Å². The molecule has 0 aliphatic carbocycles. The molecular formula is C18H19F2NO2. The maximum Gasteiger partial charge on any atom is 0.227 e. The van der Waals surface area contributed by atoms with E-state index in [2.05, 4.69) is 0 Å². The Labute approximate surface area is 134 Å². The molecule has 2 aromatic rings. The number of aromatic hydroxyl groups is 1. The fraction of sp³-hybridized carbons (Fsp3) is 0.278. The minimum absolute atomic E-state index is 0.137. The van der Waals surface area contributed by atoms with Crippen molar-refractivity contribution in [1.82, 2.24) is 4.90 Å². The number of rotatable bonds is 5. The molecule has 2 rings (SSSR count). The number of carbonyl (C=O) groups excluding carboxylic acids is 1. The van der Waals surface area contributed by atoms with E-state index in [-0.39, 0.29) is 29.7 Å². The lowest BCUT2D eigenvalue weighted by atomic mass is 10.0. The van der Waals surface area contributed by atoms with Crippen molar-refractivity contribution in [3.8, 4) is 5.75 Å². The molecular weight excluding hydrogens is 300 g/mol. The third-order valence-electron chi connectivity index (χ3n) is 3.91. The number of halogens is 2. The van der Waals surface area contributed by atoms with Crippen molar-refractivity contribution in [2.75, 3.05) is 7.05 Å². The first-order valence-corrected chi connectivity index (χ1v) is 7.35. The summed E-state index contributed by atoms with van der Waals surface area (Å²) in [7, 11) is 1.62. The Kier molecular flexibility index (Phi) is 5.32. The molecule has 1 atom stereocenters. The van der Waals surface area contributed by atoms with E-state index >= 15 is 0 Å². The van der Waals surface area contributed by atoms with Crippen LogP contribution in [-0.2, 0) is 17.6 Å². The molecule has 0 heterocycles. The zero-order chi connectivity index (χ0) is 17.0. The van der Waals surface area contributed by atoms with Crippen molar-refractivity contribution in [3.63, 3.8) is 0 Å². The van der Waals surface area contributed by atoms with Crippen LogP contribution in [0.5, 0.6) is 5.75 Å². The summed E-state index contributed by atoms with van der Waals surface area (Å²) in [5.41, 5.74) is 0.758. The molecule has 0 aliphatic rings. The van der Waals surface area contributed by atoms with Crippen molar-refractivity contribution in [2.45, 2.75) is 25.8 Å². The third kappa shape index (κ3) is 4.28. The molecule has 0 aromatic heterocycles. The van der Waals surface area contributed by atoms with Gasteiger partial charge in [0.05, 0.1) is 6.42 Å². The van der Waals surface area contributed by atoms with Crippen molar-refractivity contribution in [3.05, 3.63) is 65.2 Å². The number of hydrogen-bond donors (Lipinski definition) is 1. The van der Waals surface area contributed by atoms with Crippen LogP contribution in [0.15, 0.2) is 42.5 Å². The van der Waals surface area contributed by atoms with Gasteiger partial charge in [-0.05, 0) is 43.2 Å². The third-order valence-corrected chi connectivity index (χ3v) is 3.91. The van der Waals surface area contributed by atoms with E-state index in [0.717, 1.165) is 17.7 Å². The molecule has 23 heavy (non-hydrogen) atoms. The lowest BCUT2D eigenvalue weighted by molar-refractivity contribution is -0.131. The number of likely N-dealkylation sites (N-methyl/N-ethyl adjacent to an activating group) is 1. The second-order valence-electron chi connectivity index (χ2n) is 5.60. The van der Waals surface area contributed by atoms with E-state index in [0.29, 0.717) is 6.42 Å². The summed E-state index contributed by atoms with van der Waals surface area (Å²) in [6, 6.07) is 10.1. The van der Waals surface area contributed by atoms with Gasteiger partial charge in [0.15, 0.2) is 0 Å². The quantitative estimate of drug-likeness (QED) is 0.918. The number of hydrogen-bond acceptors (Lipinski definition) is 2. The highest BCUT2D eigenvalue weighted by molar-refractivity contribution is 5.79. The Morgan fingerprint density at radius 3 is 2.26 bits per heavy atom. The van der Waals surface area contributed by atoms with Gasteiger partial charge in [-0.15, -0.1) is 0 Å². The first kappa shape index (κ1) is 16.9. The van der Waals surface area contributed by atoms with Crippen molar-refractivity contribution in [1.29, 1.82) is 0 Å². The second kappa shape index (κ2) is 7.22. The zero-order valence-electron chi connectivity index (χ0n) is 13.1. The van der Waals surface area contributed by atoms with Gasteiger partial charge in [0, 0.05) is 18.7 Å². The lowest BCUT2D eigenvalue weighted by Crippen LogP contribution is -2.37. The standard InChI is InChI=1S/C18H19F2NO2/c1-12(10-13-6-8-14(22)9-7-13)21(2)18(23)11-15-16(19)4-3-5-17(15)20/h3-9,12,22H,10-11H2,1-2H3/t12-/m1/s1. The van der Waals surface area contributed by atoms with Gasteiger partial charge in [-0.25, -0.2) is 8.78 Å². The van der Waals surface area contributed by atoms with E-state index in [1.807, 2.05) is 6.92 Å². The number of carbonyl (C=O) groups is 1. The summed E-state index contributed by atoms with van der Waals surface area (Å²) in [4.78, 5) is 13.7. The Balaban J connectivity index is 2.02. The molecule has 0 bridgehead atoms. The smallest absolute Gasteiger partial charge is 0.227 e. The maximum atomic E-state index is 13.6. The number of benzene rings is 2. The molecule has 1 amide bonds. The largest absolute Gasteiger partial charge is 0.508 e. The molecule has 0 fully saturated rings. The minimum Gasteiger partial charge on any atom is -0.508 e. The van der Waals surface area contributed by atoms with Gasteiger partial charge in [-0.1, -0.05) is 18.2 Å². The monoisotopic (exact) mass is 319 g/mol. The van der Waals surface area contributed by atoms with E-state index in [4.69, 9.17) is 0 Å². The van der Waals surface area contributed by atoms with Crippen LogP contribution in [0.25, 0.3) is 0 Å². The van der Waals surface area contributed by atoms with Crippen LogP contribution >= 0.6 is 0 Å². The maximum absolute atomic E-state index is 13.6. The summed E-state index contributed by atoms with van der Waals surface area (Å²) in [6.07, 6.45) is 0.275. The number of phenols is 1. The van der Waals surface area contributed by atoms with Gasteiger partial charge in [-0.3, -0.25) is 4.79 Å². The van der Waals surface area contributed by atoms with Crippen LogP contribution in [0, 0.1) is 11.6 Å². The average molecular weight is 319 g/mol. The molecule has 0 radical (unpaired) electrons. The molecule has 0 unspecified atom stereocenters. The van der Waals surface area contributed by atoms with Crippen molar-refractivity contribution in [2.24, 2.45) is 0 Å². The first-order valence-electron chi connectivity index (χ1n) is 7.35. The Morgan fingerprint density at radius 2 is 1.70 bits per heavy atom. The van der Waals surface area contributed by atoms with Crippen molar-refractivity contribution < 1.29 is 18.7 Å². The van der Waals surface area contributed by atoms with Gasteiger partial charge < -0.3 is 10.0 Å². The van der Waals surface area contributed by atoms with Crippen LogP contribution in [0.4, 0.5) is 8.78 Å². The van der Waals surface area contributed by atoms with E-state index in [1.54, 1.807) is 31.3 Å². The molecule has 0 saturated heterocycles. The number of nitrogens with zero attached hydrogens (tertiary/aromatic N) is 1. The fourth-order valence-electron chi connectivity index (χ4n) is 2.33. The van der Waals surface area contributed by atoms with Crippen LogP contribution in [-0.4, -0.2) is 29.0 Å². The summed E-state index contributed by atoms with van der Waals surface area (Å²) in [6.45, 7) is 1.86. The van der Waals surface area contributed by atoms with Crippen LogP contribution < -0.4 is 0 Å². The summed E-state index contributed by atoms with van der Waals surface area (Å²) in [5, 5.41) is 9.27. The molecule has 0 aliphatic heterocycles. The van der Waals surface area contributed by atoms with Gasteiger partial charge >= 0.3 is 0 Å². The normalized spacial score (nSPS) is 12.0. The molecule has 3 nitrogen and oxygen atoms in total. The minimum atomic E-state index is -0.710. The molecule has 2 aromatic carbocycles. The lowest BCUT2D eigenvalue weighted by Gasteiger charge is -2.25. The Morgan fingerprint density at radius 1 is 1.13 bits per heavy atom. The van der Waals surface area contributed by atoms with E-state index in [1.165, 1.54) is 11.0 Å². The van der Waals surface area contributed by atoms with Gasteiger partial charge in [0.2, 0.25) is 5.91 Å². The highest BCUT2D eigenvalue weighted by Gasteiger charge is 2.20. The van der Waals surface area contributed by atoms with Gasteiger partial charge in [0.25, 0.3) is 0 Å². The molecule has 0 spiro atoms. The molecule has 1 N–H and O–H groups in total. The average Bonchev–Trinajstić information content (AvgIpc) is 2.52. The Hall–Kier alpha value is -2.43. The second-order valence-corrected chi connectivity index (χ2v) is 5.60. The highest BCUT2D eigenvalue weighted by Crippen LogP contribution is 2.16. The van der Waals surface area contributed by atoms with Crippen molar-refractivity contribution >= 4 is 5.91 Å². The summed E-state index contributed by atoms with van der Waals surface area (Å²) < 4.78 is 27.3. The number of amides is 1. The molecule has 122 valence electrons. The zero-order valence-corrected chi connectivity index (χ0v) is 13.1. The van der Waals surface area contributed by atoms with Crippen LogP contribution in [0.1, 0.15) is 18.1 Å². The Bertz CT molecular complexity index is 666. The van der Waals surface area contributed by atoms with E-state index < -0.39 is 11.6 Å². The SMILES string of the molecule is C[C@H](Cc1ccc(O)cc1)N(C)C(=O)Cc1c(F)cccc1F. The summed E-state index contributed by atoms with van der Waals surface area (Å²) in [5.74, 6) is -1.59. The van der Waals surface area contributed by atoms with Crippen LogP contribution in [0.2, 0.25) is 0 Å².